The zero-order valence-electron chi connectivity index (χ0n) is 15.3. The van der Waals surface area contributed by atoms with Gasteiger partial charge in [-0.3, -0.25) is 4.55 Å². The van der Waals surface area contributed by atoms with Crippen molar-refractivity contribution in [3.05, 3.63) is 53.6 Å². The van der Waals surface area contributed by atoms with Crippen LogP contribution < -0.4 is 5.73 Å². The van der Waals surface area contributed by atoms with Gasteiger partial charge in [0.25, 0.3) is 10.1 Å². The highest BCUT2D eigenvalue weighted by molar-refractivity contribution is 7.85. The predicted molar refractivity (Wildman–Crippen MR) is 105 cm³/mol. The number of aromatic nitrogens is 3. The number of aryl methyl sites for hydroxylation is 1. The maximum Gasteiger partial charge on any atom is 0.425 e. The number of nitrogens with zero attached hydrogens (tertiary/aromatic N) is 3. The molecule has 12 heteroatoms. The predicted octanol–water partition coefficient (Wildman–Crippen LogP) is 1.39. The van der Waals surface area contributed by atoms with Gasteiger partial charge in [0.05, 0.1) is 4.90 Å². The van der Waals surface area contributed by atoms with Crippen molar-refractivity contribution >= 4 is 37.4 Å². The van der Waals surface area contributed by atoms with Gasteiger partial charge in [-0.25, -0.2) is 4.98 Å². The van der Waals surface area contributed by atoms with Gasteiger partial charge in [-0.1, -0.05) is 31.2 Å². The SMILES string of the molecule is CCCc1nc(N)nc(Cc2cc(S(=O)(=O)O)cc3ccccc23)n1.O=S(=O)=O. The monoisotopic (exact) mass is 438 g/mol. The minimum atomic E-state index is -4.31. The molecule has 0 aliphatic carbocycles. The van der Waals surface area contributed by atoms with E-state index in [0.717, 1.165) is 11.8 Å². The molecule has 3 aromatic rings. The van der Waals surface area contributed by atoms with Crippen LogP contribution in [0.3, 0.4) is 0 Å². The molecule has 0 unspecified atom stereocenters. The zero-order chi connectivity index (χ0) is 21.6. The Bertz CT molecular complexity index is 1240. The van der Waals surface area contributed by atoms with Crippen LogP contribution in [0.5, 0.6) is 0 Å². The Morgan fingerprint density at radius 2 is 1.66 bits per heavy atom. The fraction of sp³-hybridized carbons (Fsp3) is 0.235. The maximum atomic E-state index is 11.6. The summed E-state index contributed by atoms with van der Waals surface area (Å²) in [6.45, 7) is 2.02. The smallest absolute Gasteiger partial charge is 0.368 e. The highest BCUT2D eigenvalue weighted by atomic mass is 32.2. The van der Waals surface area contributed by atoms with E-state index in [0.29, 0.717) is 29.0 Å². The summed E-state index contributed by atoms with van der Waals surface area (Å²) in [6.07, 6.45) is 1.85. The van der Waals surface area contributed by atoms with Crippen molar-refractivity contribution in [2.75, 3.05) is 5.73 Å². The Kier molecular flexibility index (Phi) is 7.31. The van der Waals surface area contributed by atoms with E-state index >= 15 is 0 Å². The van der Waals surface area contributed by atoms with E-state index in [1.807, 2.05) is 19.1 Å². The molecule has 0 amide bonds. The van der Waals surface area contributed by atoms with Crippen molar-refractivity contribution in [2.24, 2.45) is 0 Å². The summed E-state index contributed by atoms with van der Waals surface area (Å²) in [7, 11) is -7.42. The van der Waals surface area contributed by atoms with Crippen molar-refractivity contribution < 1.29 is 25.6 Å². The van der Waals surface area contributed by atoms with E-state index in [4.69, 9.17) is 18.4 Å². The zero-order valence-corrected chi connectivity index (χ0v) is 16.9. The van der Waals surface area contributed by atoms with Crippen LogP contribution in [0, 0.1) is 0 Å². The Morgan fingerprint density at radius 1 is 1.03 bits per heavy atom. The third kappa shape index (κ3) is 6.55. The molecule has 3 rings (SSSR count). The molecule has 3 N–H and O–H groups in total. The van der Waals surface area contributed by atoms with Crippen LogP contribution in [0.25, 0.3) is 10.8 Å². The lowest BCUT2D eigenvalue weighted by Gasteiger charge is -2.09. The Balaban J connectivity index is 0.000000687. The number of nitrogen functional groups attached to an aromatic ring is 1. The first-order valence-electron chi connectivity index (χ1n) is 8.35. The Labute approximate surface area is 168 Å². The van der Waals surface area contributed by atoms with E-state index in [1.54, 1.807) is 12.1 Å². The summed E-state index contributed by atoms with van der Waals surface area (Å²) in [5, 5.41) is 1.58. The largest absolute Gasteiger partial charge is 0.425 e. The summed E-state index contributed by atoms with van der Waals surface area (Å²) >= 11 is 0. The number of fused-ring (bicyclic) bond motifs is 1. The van der Waals surface area contributed by atoms with Crippen LogP contribution in [0.4, 0.5) is 5.95 Å². The van der Waals surface area contributed by atoms with Crippen LogP contribution in [0.2, 0.25) is 0 Å². The van der Waals surface area contributed by atoms with Crippen LogP contribution >= 0.6 is 0 Å². The first-order valence-corrected chi connectivity index (χ1v) is 10.8. The number of rotatable bonds is 5. The van der Waals surface area contributed by atoms with Crippen molar-refractivity contribution in [3.8, 4) is 0 Å². The van der Waals surface area contributed by atoms with Crippen molar-refractivity contribution in [2.45, 2.75) is 31.1 Å². The summed E-state index contributed by atoms with van der Waals surface area (Å²) in [4.78, 5) is 12.5. The summed E-state index contributed by atoms with van der Waals surface area (Å²) in [5.41, 5.74) is 6.45. The molecule has 0 spiro atoms. The molecule has 0 bridgehead atoms. The van der Waals surface area contributed by atoms with E-state index in [2.05, 4.69) is 15.0 Å². The fourth-order valence-electron chi connectivity index (χ4n) is 2.73. The molecular weight excluding hydrogens is 420 g/mol. The molecule has 10 nitrogen and oxygen atoms in total. The van der Waals surface area contributed by atoms with Crippen molar-refractivity contribution in [3.63, 3.8) is 0 Å². The van der Waals surface area contributed by atoms with Gasteiger partial charge in [0.2, 0.25) is 5.95 Å². The minimum Gasteiger partial charge on any atom is -0.368 e. The second-order valence-electron chi connectivity index (χ2n) is 5.94. The molecule has 0 saturated carbocycles. The minimum absolute atomic E-state index is 0.142. The summed E-state index contributed by atoms with van der Waals surface area (Å²) < 4.78 is 57.9. The van der Waals surface area contributed by atoms with Crippen LogP contribution in [-0.4, -0.2) is 40.5 Å². The number of nitrogens with two attached hydrogens (primary N) is 1. The van der Waals surface area contributed by atoms with Crippen LogP contribution in [-0.2, 0) is 33.6 Å². The molecule has 0 fully saturated rings. The first kappa shape index (κ1) is 22.3. The maximum absolute atomic E-state index is 11.6. The standard InChI is InChI=1S/C17H18N4O3S.O3S/c1-2-5-15-19-16(21-17(18)20-15)10-12-9-13(25(22,23)24)8-11-6-3-4-7-14(11)12;1-4(2)3/h3-4,6-9H,2,5,10H2,1H3,(H,22,23,24)(H2,18,19,20,21);. The van der Waals surface area contributed by atoms with E-state index in [-0.39, 0.29) is 17.3 Å². The van der Waals surface area contributed by atoms with Gasteiger partial charge in [-0.2, -0.15) is 18.4 Å². The van der Waals surface area contributed by atoms with Gasteiger partial charge >= 0.3 is 10.6 Å². The van der Waals surface area contributed by atoms with Gasteiger partial charge < -0.3 is 5.73 Å². The number of anilines is 1. The fourth-order valence-corrected chi connectivity index (χ4v) is 3.30. The average Bonchev–Trinajstić information content (AvgIpc) is 2.60. The van der Waals surface area contributed by atoms with Gasteiger partial charge in [0, 0.05) is 12.8 Å². The van der Waals surface area contributed by atoms with Gasteiger partial charge in [-0.05, 0) is 34.9 Å². The summed E-state index contributed by atoms with van der Waals surface area (Å²) in [6, 6.07) is 10.2. The van der Waals surface area contributed by atoms with E-state index < -0.39 is 20.7 Å². The molecule has 0 radical (unpaired) electrons. The molecule has 0 saturated heterocycles. The van der Waals surface area contributed by atoms with Crippen molar-refractivity contribution in [1.82, 2.24) is 15.0 Å². The lowest BCUT2D eigenvalue weighted by molar-refractivity contribution is 0.483. The van der Waals surface area contributed by atoms with Gasteiger partial charge in [-0.15, -0.1) is 12.6 Å². The highest BCUT2D eigenvalue weighted by Crippen LogP contribution is 2.25. The number of benzene rings is 2. The second kappa shape index (κ2) is 9.49. The Morgan fingerprint density at radius 3 is 2.28 bits per heavy atom. The van der Waals surface area contributed by atoms with E-state index in [1.165, 1.54) is 12.1 Å². The van der Waals surface area contributed by atoms with Gasteiger partial charge in [0.15, 0.2) is 0 Å². The molecule has 1 aromatic heterocycles. The van der Waals surface area contributed by atoms with Crippen LogP contribution in [0.1, 0.15) is 30.6 Å². The lowest BCUT2D eigenvalue weighted by atomic mass is 10.0. The quantitative estimate of drug-likeness (QED) is 0.555. The first-order chi connectivity index (χ1) is 13.6. The molecule has 0 atom stereocenters. The number of hydrogen-bond donors (Lipinski definition) is 2. The third-order valence-electron chi connectivity index (χ3n) is 3.79. The topological polar surface area (TPSA) is 170 Å². The second-order valence-corrected chi connectivity index (χ2v) is 7.77. The molecule has 29 heavy (non-hydrogen) atoms. The normalized spacial score (nSPS) is 11.0. The van der Waals surface area contributed by atoms with Crippen molar-refractivity contribution in [1.29, 1.82) is 0 Å². The highest BCUT2D eigenvalue weighted by Gasteiger charge is 2.15. The summed E-state index contributed by atoms with van der Waals surface area (Å²) in [5.74, 6) is 1.22. The number of hydrogen-bond acceptors (Lipinski definition) is 9. The molecule has 0 aliphatic heterocycles. The average molecular weight is 438 g/mol. The van der Waals surface area contributed by atoms with E-state index in [9.17, 15) is 13.0 Å². The molecule has 2 aromatic carbocycles. The third-order valence-corrected chi connectivity index (χ3v) is 4.62. The molecule has 154 valence electrons. The molecule has 0 aliphatic rings. The lowest BCUT2D eigenvalue weighted by Crippen LogP contribution is -2.08. The van der Waals surface area contributed by atoms with Crippen LogP contribution in [0.15, 0.2) is 41.3 Å². The molecule has 1 heterocycles. The van der Waals surface area contributed by atoms with Gasteiger partial charge in [0.1, 0.15) is 11.6 Å². The Hall–Kier alpha value is -2.96. The molecular formula is C17H18N4O6S2.